The van der Waals surface area contributed by atoms with Crippen molar-refractivity contribution in [3.05, 3.63) is 115 Å². The molecule has 0 amide bonds. The van der Waals surface area contributed by atoms with E-state index in [-0.39, 0.29) is 0 Å². The molecule has 7 rings (SSSR count). The van der Waals surface area contributed by atoms with Gasteiger partial charge in [0.2, 0.25) is 0 Å². The Kier molecular flexibility index (Phi) is 3.84. The molecule has 0 atom stereocenters. The predicted molar refractivity (Wildman–Crippen MR) is 137 cm³/mol. The zero-order valence-electron chi connectivity index (χ0n) is 17.8. The first-order valence-electron chi connectivity index (χ1n) is 11.1. The highest BCUT2D eigenvalue weighted by Crippen LogP contribution is 2.38. The third kappa shape index (κ3) is 2.69. The van der Waals surface area contributed by atoms with Crippen molar-refractivity contribution >= 4 is 43.6 Å². The van der Waals surface area contributed by atoms with Gasteiger partial charge in [-0.1, -0.05) is 97.1 Å². The number of para-hydroxylation sites is 3. The second-order valence-electron chi connectivity index (χ2n) is 8.29. The monoisotopic (exact) mass is 421 g/mol. The maximum absolute atomic E-state index is 5.20. The normalized spacial score (nSPS) is 11.6. The number of fused-ring (bicyclic) bond motifs is 6. The molecule has 7 aromatic rings. The van der Waals surface area contributed by atoms with Crippen LogP contribution < -0.4 is 0 Å². The van der Waals surface area contributed by atoms with Gasteiger partial charge in [-0.05, 0) is 23.6 Å². The van der Waals surface area contributed by atoms with Crippen molar-refractivity contribution in [1.82, 2.24) is 14.5 Å². The van der Waals surface area contributed by atoms with Gasteiger partial charge in [-0.3, -0.25) is 4.57 Å². The Labute approximate surface area is 190 Å². The van der Waals surface area contributed by atoms with Crippen molar-refractivity contribution in [3.8, 4) is 17.1 Å². The molecular weight excluding hydrogens is 402 g/mol. The summed E-state index contributed by atoms with van der Waals surface area (Å²) in [6, 6.07) is 40.0. The second kappa shape index (κ2) is 7.01. The van der Waals surface area contributed by atoms with E-state index in [2.05, 4.69) is 89.5 Å². The molecule has 0 fully saturated rings. The minimum absolute atomic E-state index is 0.849. The molecule has 0 aliphatic heterocycles. The fourth-order valence-electron chi connectivity index (χ4n) is 4.89. The van der Waals surface area contributed by atoms with E-state index in [4.69, 9.17) is 9.97 Å². The zero-order chi connectivity index (χ0) is 21.8. The van der Waals surface area contributed by atoms with Crippen molar-refractivity contribution in [3.63, 3.8) is 0 Å². The van der Waals surface area contributed by atoms with Crippen LogP contribution in [0.1, 0.15) is 0 Å². The molecule has 0 saturated heterocycles. The largest absolute Gasteiger partial charge is 0.291 e. The summed E-state index contributed by atoms with van der Waals surface area (Å²) < 4.78 is 2.30. The number of aromatic nitrogens is 3. The van der Waals surface area contributed by atoms with E-state index in [1.54, 1.807) is 0 Å². The molecule has 2 heterocycles. The second-order valence-corrected chi connectivity index (χ2v) is 8.29. The number of hydrogen-bond donors (Lipinski definition) is 0. The lowest BCUT2D eigenvalue weighted by Crippen LogP contribution is -2.03. The first-order valence-corrected chi connectivity index (χ1v) is 11.1. The van der Waals surface area contributed by atoms with Gasteiger partial charge in [-0.25, -0.2) is 9.97 Å². The van der Waals surface area contributed by atoms with Crippen LogP contribution in [0.25, 0.3) is 60.7 Å². The van der Waals surface area contributed by atoms with Gasteiger partial charge in [0.25, 0.3) is 0 Å². The fourth-order valence-corrected chi connectivity index (χ4v) is 4.89. The van der Waals surface area contributed by atoms with Crippen LogP contribution in [0.2, 0.25) is 0 Å². The summed E-state index contributed by atoms with van der Waals surface area (Å²) in [5.41, 5.74) is 6.01. The van der Waals surface area contributed by atoms with Crippen molar-refractivity contribution in [2.75, 3.05) is 0 Å². The molecule has 0 saturated carbocycles. The van der Waals surface area contributed by atoms with Crippen LogP contribution in [-0.2, 0) is 0 Å². The standard InChI is InChI=1S/C30H19N3/c1-2-11-21(12-3-1)28-30(32-26-16-8-7-15-25(26)31-28)33-27-17-9-6-14-23(27)24-19-18-20-10-4-5-13-22(20)29(24)33/h1-19H. The molecule has 33 heavy (non-hydrogen) atoms. The molecule has 0 bridgehead atoms. The maximum Gasteiger partial charge on any atom is 0.165 e. The van der Waals surface area contributed by atoms with Crippen molar-refractivity contribution in [2.45, 2.75) is 0 Å². The summed E-state index contributed by atoms with van der Waals surface area (Å²) in [6.45, 7) is 0. The highest BCUT2D eigenvalue weighted by molar-refractivity contribution is 6.18. The van der Waals surface area contributed by atoms with Gasteiger partial charge in [0.1, 0.15) is 5.69 Å². The van der Waals surface area contributed by atoms with Crippen LogP contribution in [-0.4, -0.2) is 14.5 Å². The van der Waals surface area contributed by atoms with Crippen LogP contribution in [0, 0.1) is 0 Å². The van der Waals surface area contributed by atoms with Crippen LogP contribution in [0.5, 0.6) is 0 Å². The van der Waals surface area contributed by atoms with Crippen molar-refractivity contribution < 1.29 is 0 Å². The minimum atomic E-state index is 0.849. The SMILES string of the molecule is c1ccc(-c2nc3ccccc3nc2-n2c3ccccc3c3ccc4ccccc4c32)cc1. The first-order chi connectivity index (χ1) is 16.4. The Morgan fingerprint density at radius 3 is 2.00 bits per heavy atom. The van der Waals surface area contributed by atoms with E-state index >= 15 is 0 Å². The topological polar surface area (TPSA) is 30.7 Å². The highest BCUT2D eigenvalue weighted by atomic mass is 15.1. The van der Waals surface area contributed by atoms with Crippen LogP contribution in [0.15, 0.2) is 115 Å². The summed E-state index contributed by atoms with van der Waals surface area (Å²) in [6.07, 6.45) is 0. The molecule has 3 nitrogen and oxygen atoms in total. The quantitative estimate of drug-likeness (QED) is 0.289. The Hall–Kier alpha value is -4.50. The van der Waals surface area contributed by atoms with Gasteiger partial charge in [0.05, 0.1) is 22.1 Å². The average Bonchev–Trinajstić information content (AvgIpc) is 3.23. The molecule has 5 aromatic carbocycles. The Bertz CT molecular complexity index is 1810. The van der Waals surface area contributed by atoms with Gasteiger partial charge in [-0.2, -0.15) is 0 Å². The summed E-state index contributed by atoms with van der Waals surface area (Å²) >= 11 is 0. The summed E-state index contributed by atoms with van der Waals surface area (Å²) in [7, 11) is 0. The summed E-state index contributed by atoms with van der Waals surface area (Å²) in [5, 5.41) is 4.86. The van der Waals surface area contributed by atoms with Gasteiger partial charge in [0.15, 0.2) is 5.82 Å². The Morgan fingerprint density at radius 1 is 0.485 bits per heavy atom. The number of nitrogens with zero attached hydrogens (tertiary/aromatic N) is 3. The van der Waals surface area contributed by atoms with E-state index in [1.807, 2.05) is 30.3 Å². The van der Waals surface area contributed by atoms with E-state index in [0.29, 0.717) is 0 Å². The molecule has 3 heteroatoms. The molecule has 0 spiro atoms. The molecule has 154 valence electrons. The van der Waals surface area contributed by atoms with E-state index < -0.39 is 0 Å². The van der Waals surface area contributed by atoms with E-state index in [1.165, 1.54) is 21.5 Å². The van der Waals surface area contributed by atoms with Crippen molar-refractivity contribution in [1.29, 1.82) is 0 Å². The third-order valence-electron chi connectivity index (χ3n) is 6.37. The third-order valence-corrected chi connectivity index (χ3v) is 6.37. The fraction of sp³-hybridized carbons (Fsp3) is 0. The molecule has 2 aromatic heterocycles. The lowest BCUT2D eigenvalue weighted by molar-refractivity contribution is 1.08. The highest BCUT2D eigenvalue weighted by Gasteiger charge is 2.20. The van der Waals surface area contributed by atoms with Gasteiger partial charge in [0, 0.05) is 21.7 Å². The minimum Gasteiger partial charge on any atom is -0.291 e. The Balaban J connectivity index is 1.72. The van der Waals surface area contributed by atoms with Crippen LogP contribution in [0.3, 0.4) is 0 Å². The molecule has 0 unspecified atom stereocenters. The average molecular weight is 422 g/mol. The number of benzene rings is 5. The molecule has 0 aliphatic rings. The van der Waals surface area contributed by atoms with E-state index in [9.17, 15) is 0 Å². The number of rotatable bonds is 2. The molecule has 0 aliphatic carbocycles. The Morgan fingerprint density at radius 2 is 1.15 bits per heavy atom. The van der Waals surface area contributed by atoms with Gasteiger partial charge >= 0.3 is 0 Å². The van der Waals surface area contributed by atoms with Gasteiger partial charge < -0.3 is 0 Å². The zero-order valence-corrected chi connectivity index (χ0v) is 17.8. The molecule has 0 radical (unpaired) electrons. The van der Waals surface area contributed by atoms with Crippen LogP contribution in [0.4, 0.5) is 0 Å². The summed E-state index contributed by atoms with van der Waals surface area (Å²) in [5.74, 6) is 0.849. The number of hydrogen-bond acceptors (Lipinski definition) is 2. The first kappa shape index (κ1) is 18.1. The van der Waals surface area contributed by atoms with Gasteiger partial charge in [-0.15, -0.1) is 0 Å². The lowest BCUT2D eigenvalue weighted by atomic mass is 10.1. The smallest absolute Gasteiger partial charge is 0.165 e. The lowest BCUT2D eigenvalue weighted by Gasteiger charge is -2.14. The molecular formula is C30H19N3. The van der Waals surface area contributed by atoms with E-state index in [0.717, 1.165) is 39.1 Å². The molecule has 0 N–H and O–H groups in total. The predicted octanol–water partition coefficient (Wildman–Crippen LogP) is 7.55. The maximum atomic E-state index is 5.20. The van der Waals surface area contributed by atoms with Crippen molar-refractivity contribution in [2.24, 2.45) is 0 Å². The summed E-state index contributed by atoms with van der Waals surface area (Å²) in [4.78, 5) is 10.3. The van der Waals surface area contributed by atoms with Crippen LogP contribution >= 0.6 is 0 Å².